The smallest absolute Gasteiger partial charge is 0.236 e. The van der Waals surface area contributed by atoms with Crippen molar-refractivity contribution >= 4 is 22.0 Å². The van der Waals surface area contributed by atoms with Crippen LogP contribution in [0.4, 0.5) is 4.39 Å². The molecule has 0 saturated carbocycles. The number of piperidine rings is 1. The summed E-state index contributed by atoms with van der Waals surface area (Å²) in [4.78, 5) is 12.6. The van der Waals surface area contributed by atoms with Crippen LogP contribution in [0.3, 0.4) is 0 Å². The molecule has 2 aromatic rings. The fourth-order valence-corrected chi connectivity index (χ4v) is 4.77. The van der Waals surface area contributed by atoms with Crippen molar-refractivity contribution in [2.24, 2.45) is 5.92 Å². The lowest BCUT2D eigenvalue weighted by atomic mass is 9.96. The molecule has 0 aliphatic carbocycles. The molecule has 1 atom stereocenters. The van der Waals surface area contributed by atoms with Crippen LogP contribution in [0.25, 0.3) is 6.08 Å². The monoisotopic (exact) mass is 446 g/mol. The summed E-state index contributed by atoms with van der Waals surface area (Å²) >= 11 is 0. The summed E-state index contributed by atoms with van der Waals surface area (Å²) in [6, 6.07) is 13.4. The van der Waals surface area contributed by atoms with Crippen molar-refractivity contribution in [2.45, 2.75) is 25.8 Å². The van der Waals surface area contributed by atoms with E-state index >= 15 is 0 Å². The number of ether oxygens (including phenoxy) is 1. The molecule has 1 unspecified atom stereocenters. The van der Waals surface area contributed by atoms with Crippen LogP contribution in [0.5, 0.6) is 5.75 Å². The Morgan fingerprint density at radius 2 is 1.87 bits per heavy atom. The van der Waals surface area contributed by atoms with Crippen LogP contribution in [-0.2, 0) is 14.8 Å². The number of carbonyl (C=O) groups is 1. The molecule has 166 valence electrons. The molecule has 0 spiro atoms. The highest BCUT2D eigenvalue weighted by Crippen LogP contribution is 2.24. The second-order valence-corrected chi connectivity index (χ2v) is 9.37. The Labute approximate surface area is 182 Å². The van der Waals surface area contributed by atoms with Crippen LogP contribution in [0, 0.1) is 11.7 Å². The first kappa shape index (κ1) is 23.0. The van der Waals surface area contributed by atoms with Crippen LogP contribution in [0.15, 0.2) is 53.9 Å². The molecular weight excluding hydrogens is 419 g/mol. The molecule has 6 nitrogen and oxygen atoms in total. The molecular formula is C23H27FN2O4S. The van der Waals surface area contributed by atoms with Crippen molar-refractivity contribution in [3.63, 3.8) is 0 Å². The summed E-state index contributed by atoms with van der Waals surface area (Å²) in [5, 5.41) is 4.11. The molecule has 0 bridgehead atoms. The molecule has 1 fully saturated rings. The van der Waals surface area contributed by atoms with E-state index in [0.717, 1.165) is 5.56 Å². The van der Waals surface area contributed by atoms with Gasteiger partial charge in [0.2, 0.25) is 15.9 Å². The first-order chi connectivity index (χ1) is 14.8. The molecule has 1 N–H and O–H groups in total. The number of halogens is 1. The predicted octanol–water partition coefficient (Wildman–Crippen LogP) is 3.72. The number of nitrogens with one attached hydrogen (secondary N) is 1. The van der Waals surface area contributed by atoms with Gasteiger partial charge in [-0.15, -0.1) is 0 Å². The fraction of sp³-hybridized carbons (Fsp3) is 0.348. The summed E-state index contributed by atoms with van der Waals surface area (Å²) < 4.78 is 45.4. The molecule has 3 rings (SSSR count). The molecule has 2 aromatic carbocycles. The topological polar surface area (TPSA) is 75.7 Å². The standard InChI is InChI=1S/C23H27FN2O4S/c1-17(20-8-9-22(30-2)21(24)16-20)25-23(27)19-10-13-26(14-11-19)31(28,29)15-12-18-6-4-3-5-7-18/h3-9,12,15-17,19H,10-11,13-14H2,1-2H3,(H,25,27). The first-order valence-electron chi connectivity index (χ1n) is 10.2. The van der Waals surface area contributed by atoms with E-state index in [2.05, 4.69) is 5.32 Å². The van der Waals surface area contributed by atoms with Gasteiger partial charge in [-0.25, -0.2) is 12.8 Å². The maximum absolute atomic E-state index is 13.9. The van der Waals surface area contributed by atoms with Crippen molar-refractivity contribution in [1.82, 2.24) is 9.62 Å². The van der Waals surface area contributed by atoms with E-state index in [4.69, 9.17) is 4.74 Å². The maximum Gasteiger partial charge on any atom is 0.236 e. The number of hydrogen-bond acceptors (Lipinski definition) is 4. The van der Waals surface area contributed by atoms with E-state index in [1.165, 1.54) is 29.0 Å². The van der Waals surface area contributed by atoms with E-state index in [0.29, 0.717) is 18.4 Å². The summed E-state index contributed by atoms with van der Waals surface area (Å²) in [6.07, 6.45) is 2.45. The number of rotatable bonds is 7. The average molecular weight is 447 g/mol. The molecule has 31 heavy (non-hydrogen) atoms. The van der Waals surface area contributed by atoms with Crippen molar-refractivity contribution in [2.75, 3.05) is 20.2 Å². The van der Waals surface area contributed by atoms with Gasteiger partial charge in [0.05, 0.1) is 13.2 Å². The third-order valence-corrected chi connectivity index (χ3v) is 7.02. The average Bonchev–Trinajstić information content (AvgIpc) is 2.78. The van der Waals surface area contributed by atoms with Gasteiger partial charge in [-0.3, -0.25) is 4.79 Å². The van der Waals surface area contributed by atoms with Crippen molar-refractivity contribution in [3.05, 3.63) is 70.9 Å². The quantitative estimate of drug-likeness (QED) is 0.703. The number of sulfonamides is 1. The normalized spacial score (nSPS) is 16.9. The van der Waals surface area contributed by atoms with Gasteiger partial charge in [-0.05, 0) is 49.1 Å². The highest BCUT2D eigenvalue weighted by Gasteiger charge is 2.30. The number of nitrogens with zero attached hydrogens (tertiary/aromatic N) is 1. The minimum Gasteiger partial charge on any atom is -0.494 e. The molecule has 1 heterocycles. The summed E-state index contributed by atoms with van der Waals surface area (Å²) in [5.74, 6) is -0.768. The van der Waals surface area contributed by atoms with Crippen molar-refractivity contribution < 1.29 is 22.3 Å². The second-order valence-electron chi connectivity index (χ2n) is 7.56. The lowest BCUT2D eigenvalue weighted by molar-refractivity contribution is -0.126. The number of amides is 1. The minimum atomic E-state index is -3.54. The van der Waals surface area contributed by atoms with Gasteiger partial charge in [-0.2, -0.15) is 4.31 Å². The molecule has 1 amide bonds. The Hall–Kier alpha value is -2.71. The van der Waals surface area contributed by atoms with E-state index in [9.17, 15) is 17.6 Å². The van der Waals surface area contributed by atoms with Crippen molar-refractivity contribution in [1.29, 1.82) is 0 Å². The van der Waals surface area contributed by atoms with E-state index in [1.54, 1.807) is 19.1 Å². The third kappa shape index (κ3) is 5.92. The first-order valence-corrected chi connectivity index (χ1v) is 11.7. The summed E-state index contributed by atoms with van der Waals surface area (Å²) in [5.41, 5.74) is 1.45. The van der Waals surface area contributed by atoms with Gasteiger partial charge in [0, 0.05) is 24.4 Å². The zero-order valence-electron chi connectivity index (χ0n) is 17.6. The third-order valence-electron chi connectivity index (χ3n) is 5.45. The lowest BCUT2D eigenvalue weighted by Gasteiger charge is -2.30. The molecule has 0 radical (unpaired) electrons. The van der Waals surface area contributed by atoms with E-state index < -0.39 is 15.8 Å². The Balaban J connectivity index is 1.54. The van der Waals surface area contributed by atoms with Crippen LogP contribution in [0.1, 0.15) is 36.9 Å². The maximum atomic E-state index is 13.9. The van der Waals surface area contributed by atoms with Crippen LogP contribution in [0.2, 0.25) is 0 Å². The molecule has 1 saturated heterocycles. The molecule has 1 aliphatic heterocycles. The number of hydrogen-bond donors (Lipinski definition) is 1. The number of benzene rings is 2. The van der Waals surface area contributed by atoms with Crippen LogP contribution in [-0.4, -0.2) is 38.8 Å². The lowest BCUT2D eigenvalue weighted by Crippen LogP contribution is -2.42. The number of carbonyl (C=O) groups excluding carboxylic acids is 1. The fourth-order valence-electron chi connectivity index (χ4n) is 3.55. The zero-order valence-corrected chi connectivity index (χ0v) is 18.4. The van der Waals surface area contributed by atoms with E-state index in [-0.39, 0.29) is 36.7 Å². The largest absolute Gasteiger partial charge is 0.494 e. The summed E-state index contributed by atoms with van der Waals surface area (Å²) in [7, 11) is -2.14. The number of methoxy groups -OCH3 is 1. The van der Waals surface area contributed by atoms with Gasteiger partial charge in [0.15, 0.2) is 11.6 Å². The molecule has 0 aromatic heterocycles. The minimum absolute atomic E-state index is 0.150. The van der Waals surface area contributed by atoms with Gasteiger partial charge in [0.25, 0.3) is 0 Å². The van der Waals surface area contributed by atoms with Crippen LogP contribution >= 0.6 is 0 Å². The zero-order chi connectivity index (χ0) is 22.4. The van der Waals surface area contributed by atoms with Crippen molar-refractivity contribution in [3.8, 4) is 5.75 Å². The predicted molar refractivity (Wildman–Crippen MR) is 118 cm³/mol. The highest BCUT2D eigenvalue weighted by molar-refractivity contribution is 7.92. The summed E-state index contributed by atoms with van der Waals surface area (Å²) in [6.45, 7) is 2.35. The van der Waals surface area contributed by atoms with E-state index in [1.807, 2.05) is 30.3 Å². The Bertz CT molecular complexity index is 1030. The van der Waals surface area contributed by atoms with Crippen LogP contribution < -0.4 is 10.1 Å². The van der Waals surface area contributed by atoms with Gasteiger partial charge >= 0.3 is 0 Å². The van der Waals surface area contributed by atoms with Gasteiger partial charge < -0.3 is 10.1 Å². The second kappa shape index (κ2) is 10.1. The molecule has 8 heteroatoms. The SMILES string of the molecule is COc1ccc(C(C)NC(=O)C2CCN(S(=O)(=O)C=Cc3ccccc3)CC2)cc1F. The Morgan fingerprint density at radius 1 is 1.19 bits per heavy atom. The van der Waals surface area contributed by atoms with Gasteiger partial charge in [-0.1, -0.05) is 36.4 Å². The van der Waals surface area contributed by atoms with Gasteiger partial charge in [0.1, 0.15) is 0 Å². The highest BCUT2D eigenvalue weighted by atomic mass is 32.2. The molecule has 1 aliphatic rings. The Kier molecular flexibility index (Phi) is 7.46. The Morgan fingerprint density at radius 3 is 2.48 bits per heavy atom.